The molecule has 0 amide bonds. The smallest absolute Gasteiger partial charge is 0.153 e. The third-order valence-electron chi connectivity index (χ3n) is 4.70. The molecule has 0 atom stereocenters. The highest BCUT2D eigenvalue weighted by molar-refractivity contribution is 5.86. The van der Waals surface area contributed by atoms with E-state index >= 15 is 0 Å². The Morgan fingerprint density at radius 2 is 1.86 bits per heavy atom. The van der Waals surface area contributed by atoms with Crippen molar-refractivity contribution in [3.8, 4) is 0 Å². The minimum Gasteiger partial charge on any atom is -0.465 e. The molecule has 0 spiro atoms. The van der Waals surface area contributed by atoms with Crippen LogP contribution in [0.1, 0.15) is 48.0 Å². The highest BCUT2D eigenvalue weighted by Crippen LogP contribution is 2.34. The maximum atomic E-state index is 13.8. The van der Waals surface area contributed by atoms with Gasteiger partial charge in [-0.1, -0.05) is 19.2 Å². The number of nitrogens with zero attached hydrogens (tertiary/aromatic N) is 2. The SMILES string of the molecule is C=C(C=N/C(=C\C)c1c(C)oc2c1CCCC2)NC(=C)c1c(F)cncc1F. The summed E-state index contributed by atoms with van der Waals surface area (Å²) >= 11 is 0. The van der Waals surface area contributed by atoms with Gasteiger partial charge in [0.15, 0.2) is 11.6 Å². The summed E-state index contributed by atoms with van der Waals surface area (Å²) in [7, 11) is 0. The molecule has 6 heteroatoms. The van der Waals surface area contributed by atoms with Crippen LogP contribution in [0, 0.1) is 18.6 Å². The van der Waals surface area contributed by atoms with Crippen LogP contribution in [-0.2, 0) is 12.8 Å². The van der Waals surface area contributed by atoms with Gasteiger partial charge in [0.25, 0.3) is 0 Å². The Hall–Kier alpha value is -3.02. The molecule has 0 bridgehead atoms. The predicted molar refractivity (Wildman–Crippen MR) is 108 cm³/mol. The highest BCUT2D eigenvalue weighted by Gasteiger charge is 2.22. The molecule has 0 saturated heterocycles. The van der Waals surface area contributed by atoms with Gasteiger partial charge in [-0.15, -0.1) is 0 Å². The Morgan fingerprint density at radius 1 is 1.18 bits per heavy atom. The molecule has 0 unspecified atom stereocenters. The zero-order chi connectivity index (χ0) is 20.3. The normalized spacial score (nSPS) is 14.2. The van der Waals surface area contributed by atoms with Crippen molar-refractivity contribution in [1.29, 1.82) is 0 Å². The van der Waals surface area contributed by atoms with Crippen molar-refractivity contribution in [2.45, 2.75) is 39.5 Å². The van der Waals surface area contributed by atoms with Crippen LogP contribution in [0.2, 0.25) is 0 Å². The van der Waals surface area contributed by atoms with Gasteiger partial charge in [-0.3, -0.25) is 9.98 Å². The van der Waals surface area contributed by atoms with Gasteiger partial charge in [0.2, 0.25) is 0 Å². The first-order chi connectivity index (χ1) is 13.4. The zero-order valence-electron chi connectivity index (χ0n) is 16.1. The molecule has 1 aliphatic carbocycles. The van der Waals surface area contributed by atoms with E-state index in [0.29, 0.717) is 5.70 Å². The van der Waals surface area contributed by atoms with Crippen molar-refractivity contribution in [1.82, 2.24) is 10.3 Å². The van der Waals surface area contributed by atoms with Crippen molar-refractivity contribution in [3.63, 3.8) is 0 Å². The van der Waals surface area contributed by atoms with Crippen LogP contribution in [0.3, 0.4) is 0 Å². The fraction of sp³-hybridized carbons (Fsp3) is 0.273. The lowest BCUT2D eigenvalue weighted by atomic mass is 9.93. The van der Waals surface area contributed by atoms with Crippen LogP contribution < -0.4 is 5.32 Å². The fourth-order valence-corrected chi connectivity index (χ4v) is 3.46. The molecule has 0 radical (unpaired) electrons. The summed E-state index contributed by atoms with van der Waals surface area (Å²) in [6, 6.07) is 0. The molecule has 1 aliphatic rings. The predicted octanol–water partition coefficient (Wildman–Crippen LogP) is 5.35. The van der Waals surface area contributed by atoms with Gasteiger partial charge in [-0.05, 0) is 33.1 Å². The molecular weight excluding hydrogens is 360 g/mol. The van der Waals surface area contributed by atoms with E-state index < -0.39 is 11.6 Å². The van der Waals surface area contributed by atoms with Crippen LogP contribution in [0.5, 0.6) is 0 Å². The number of pyridine rings is 1. The molecule has 0 saturated carbocycles. The summed E-state index contributed by atoms with van der Waals surface area (Å²) in [5.74, 6) is 0.303. The van der Waals surface area contributed by atoms with E-state index in [1.807, 2.05) is 19.9 Å². The lowest BCUT2D eigenvalue weighted by Gasteiger charge is -2.12. The number of allylic oxidation sites excluding steroid dienone is 2. The van der Waals surface area contributed by atoms with Crippen LogP contribution in [-0.4, -0.2) is 11.2 Å². The van der Waals surface area contributed by atoms with Crippen LogP contribution in [0.15, 0.2) is 46.7 Å². The van der Waals surface area contributed by atoms with E-state index in [1.165, 1.54) is 11.8 Å². The molecule has 1 N–H and O–H groups in total. The molecule has 3 rings (SSSR count). The van der Waals surface area contributed by atoms with E-state index in [1.54, 1.807) is 0 Å². The minimum atomic E-state index is -0.794. The molecule has 2 aromatic rings. The molecule has 2 heterocycles. The van der Waals surface area contributed by atoms with Crippen molar-refractivity contribution >= 4 is 17.6 Å². The van der Waals surface area contributed by atoms with E-state index in [9.17, 15) is 8.78 Å². The van der Waals surface area contributed by atoms with Gasteiger partial charge in [-0.25, -0.2) is 8.78 Å². The summed E-state index contributed by atoms with van der Waals surface area (Å²) in [6.45, 7) is 11.4. The van der Waals surface area contributed by atoms with Crippen LogP contribution >= 0.6 is 0 Å². The summed E-state index contributed by atoms with van der Waals surface area (Å²) in [4.78, 5) is 7.98. The second-order valence-corrected chi connectivity index (χ2v) is 6.68. The number of furan rings is 1. The number of aromatic nitrogens is 1. The Bertz CT molecular complexity index is 966. The van der Waals surface area contributed by atoms with E-state index in [4.69, 9.17) is 4.42 Å². The average molecular weight is 383 g/mol. The second-order valence-electron chi connectivity index (χ2n) is 6.68. The Kier molecular flexibility index (Phi) is 5.87. The first-order valence-corrected chi connectivity index (χ1v) is 9.18. The number of rotatable bonds is 6. The second kappa shape index (κ2) is 8.33. The topological polar surface area (TPSA) is 50.4 Å². The first-order valence-electron chi connectivity index (χ1n) is 9.18. The van der Waals surface area contributed by atoms with Gasteiger partial charge >= 0.3 is 0 Å². The minimum absolute atomic E-state index is 0.0488. The molecule has 2 aromatic heterocycles. The standard InChI is InChI=1S/C22H23F2N3O/c1-5-19(22-15(4)28-20-9-7-6-8-16(20)22)26-10-13(2)27-14(3)21-17(23)11-25-12-18(21)24/h5,10-12,27H,2-3,6-9H2,1,4H3/b19-5-,26-10?. The largest absolute Gasteiger partial charge is 0.465 e. The van der Waals surface area contributed by atoms with Crippen LogP contribution in [0.4, 0.5) is 8.78 Å². The van der Waals surface area contributed by atoms with Gasteiger partial charge < -0.3 is 9.73 Å². The molecule has 146 valence electrons. The number of hydrogen-bond donors (Lipinski definition) is 1. The molecule has 0 fully saturated rings. The summed E-state index contributed by atoms with van der Waals surface area (Å²) in [5, 5.41) is 2.78. The van der Waals surface area contributed by atoms with Gasteiger partial charge in [0.05, 0.1) is 29.9 Å². The molecular formula is C22H23F2N3O. The molecule has 4 nitrogen and oxygen atoms in total. The Labute approximate surface area is 163 Å². The van der Waals surface area contributed by atoms with Crippen molar-refractivity contribution in [2.75, 3.05) is 0 Å². The Balaban J connectivity index is 1.76. The number of hydrogen-bond acceptors (Lipinski definition) is 4. The fourth-order valence-electron chi connectivity index (χ4n) is 3.46. The molecule has 0 aromatic carbocycles. The number of fused-ring (bicyclic) bond motifs is 1. The quantitative estimate of drug-likeness (QED) is 0.685. The van der Waals surface area contributed by atoms with Crippen LogP contribution in [0.25, 0.3) is 11.4 Å². The van der Waals surface area contributed by atoms with Crippen molar-refractivity contribution < 1.29 is 13.2 Å². The van der Waals surface area contributed by atoms with E-state index in [2.05, 4.69) is 28.5 Å². The monoisotopic (exact) mass is 383 g/mol. The lowest BCUT2D eigenvalue weighted by molar-refractivity contribution is 0.458. The molecule has 0 aliphatic heterocycles. The summed E-state index contributed by atoms with van der Waals surface area (Å²) < 4.78 is 33.6. The maximum absolute atomic E-state index is 13.8. The lowest BCUT2D eigenvalue weighted by Crippen LogP contribution is -2.13. The van der Waals surface area contributed by atoms with Gasteiger partial charge in [0, 0.05) is 28.9 Å². The van der Waals surface area contributed by atoms with E-state index in [-0.39, 0.29) is 11.3 Å². The average Bonchev–Trinajstić information content (AvgIpc) is 2.98. The zero-order valence-corrected chi connectivity index (χ0v) is 16.1. The van der Waals surface area contributed by atoms with Gasteiger partial charge in [0.1, 0.15) is 11.5 Å². The number of aryl methyl sites for hydroxylation is 2. The van der Waals surface area contributed by atoms with Crippen molar-refractivity contribution in [2.24, 2.45) is 4.99 Å². The Morgan fingerprint density at radius 3 is 2.54 bits per heavy atom. The summed E-state index contributed by atoms with van der Waals surface area (Å²) in [6.07, 6.45) is 9.50. The third-order valence-corrected chi connectivity index (χ3v) is 4.70. The van der Waals surface area contributed by atoms with Gasteiger partial charge in [-0.2, -0.15) is 0 Å². The highest BCUT2D eigenvalue weighted by atomic mass is 19.1. The molecule has 28 heavy (non-hydrogen) atoms. The maximum Gasteiger partial charge on any atom is 0.153 e. The summed E-state index contributed by atoms with van der Waals surface area (Å²) in [5.41, 5.74) is 3.15. The first kappa shape index (κ1) is 19.7. The van der Waals surface area contributed by atoms with E-state index in [0.717, 1.165) is 60.9 Å². The number of nitrogens with one attached hydrogen (secondary N) is 1. The number of aliphatic imine (C=N–C) groups is 1. The number of halogens is 2. The van der Waals surface area contributed by atoms with Crippen molar-refractivity contribution in [3.05, 3.63) is 77.2 Å². The third kappa shape index (κ3) is 3.96.